The van der Waals surface area contributed by atoms with Gasteiger partial charge in [0, 0.05) is 11.4 Å². The van der Waals surface area contributed by atoms with Gasteiger partial charge in [0.15, 0.2) is 0 Å². The third-order valence-electron chi connectivity index (χ3n) is 3.81. The van der Waals surface area contributed by atoms with E-state index in [1.807, 2.05) is 0 Å². The molecule has 0 saturated heterocycles. The van der Waals surface area contributed by atoms with Gasteiger partial charge in [0.2, 0.25) is 0 Å². The van der Waals surface area contributed by atoms with Crippen molar-refractivity contribution in [1.82, 2.24) is 0 Å². The number of rotatable bonds is 0. The molecule has 0 amide bonds. The Kier molecular flexibility index (Phi) is 3.54. The lowest BCUT2D eigenvalue weighted by Gasteiger charge is -2.15. The van der Waals surface area contributed by atoms with E-state index in [9.17, 15) is 26.3 Å². The van der Waals surface area contributed by atoms with Crippen molar-refractivity contribution in [3.8, 4) is 0 Å². The van der Waals surface area contributed by atoms with E-state index in [1.54, 1.807) is 0 Å². The van der Waals surface area contributed by atoms with E-state index in [0.29, 0.717) is 24.0 Å². The molecule has 1 heterocycles. The normalized spacial score (nSPS) is 14.5. The van der Waals surface area contributed by atoms with E-state index < -0.39 is 23.5 Å². The van der Waals surface area contributed by atoms with Crippen LogP contribution in [0.25, 0.3) is 0 Å². The lowest BCUT2D eigenvalue weighted by atomic mass is 10.0. The van der Waals surface area contributed by atoms with Crippen molar-refractivity contribution < 1.29 is 26.3 Å². The highest BCUT2D eigenvalue weighted by molar-refractivity contribution is 5.69. The first-order valence-electron chi connectivity index (χ1n) is 6.82. The zero-order chi connectivity index (χ0) is 16.8. The smallest absolute Gasteiger partial charge is 0.355 e. The molecule has 1 aliphatic heterocycles. The number of hydrogen-bond acceptors (Lipinski definition) is 1. The second kappa shape index (κ2) is 5.18. The first kappa shape index (κ1) is 15.7. The summed E-state index contributed by atoms with van der Waals surface area (Å²) in [6.45, 7) is 0. The summed E-state index contributed by atoms with van der Waals surface area (Å²) in [5, 5.41) is 2.73. The quantitative estimate of drug-likeness (QED) is 0.623. The molecule has 2 aromatic carbocycles. The fourth-order valence-corrected chi connectivity index (χ4v) is 2.59. The van der Waals surface area contributed by atoms with E-state index in [4.69, 9.17) is 0 Å². The van der Waals surface area contributed by atoms with E-state index in [0.717, 1.165) is 24.3 Å². The van der Waals surface area contributed by atoms with Crippen LogP contribution in [0, 0.1) is 0 Å². The molecule has 7 heteroatoms. The molecule has 3 rings (SSSR count). The van der Waals surface area contributed by atoms with Gasteiger partial charge in [0.1, 0.15) is 0 Å². The van der Waals surface area contributed by atoms with Crippen molar-refractivity contribution >= 4 is 11.4 Å². The van der Waals surface area contributed by atoms with Gasteiger partial charge in [0.05, 0.1) is 11.1 Å². The summed E-state index contributed by atoms with van der Waals surface area (Å²) < 4.78 is 76.8. The molecule has 122 valence electrons. The van der Waals surface area contributed by atoms with E-state index >= 15 is 0 Å². The summed E-state index contributed by atoms with van der Waals surface area (Å²) in [4.78, 5) is 0. The molecular weight excluding hydrogens is 320 g/mol. The average Bonchev–Trinajstić information content (AvgIpc) is 2.62. The molecule has 0 aromatic heterocycles. The van der Waals surface area contributed by atoms with Gasteiger partial charge in [-0.2, -0.15) is 26.3 Å². The minimum absolute atomic E-state index is 0.192. The molecule has 1 nitrogen and oxygen atoms in total. The van der Waals surface area contributed by atoms with Gasteiger partial charge < -0.3 is 5.32 Å². The number of anilines is 2. The zero-order valence-corrected chi connectivity index (χ0v) is 11.6. The Labute approximate surface area is 127 Å². The van der Waals surface area contributed by atoms with E-state index in [1.165, 1.54) is 12.1 Å². The molecule has 23 heavy (non-hydrogen) atoms. The van der Waals surface area contributed by atoms with Gasteiger partial charge >= 0.3 is 12.4 Å². The summed E-state index contributed by atoms with van der Waals surface area (Å²) in [7, 11) is 0. The summed E-state index contributed by atoms with van der Waals surface area (Å²) in [6.07, 6.45) is -8.09. The van der Waals surface area contributed by atoms with Crippen LogP contribution in [0.4, 0.5) is 37.7 Å². The zero-order valence-electron chi connectivity index (χ0n) is 11.6. The molecular formula is C16H11F6N. The molecule has 0 atom stereocenters. The largest absolute Gasteiger partial charge is 0.416 e. The number of benzene rings is 2. The number of fused-ring (bicyclic) bond motifs is 2. The lowest BCUT2D eigenvalue weighted by Crippen LogP contribution is -2.07. The molecule has 0 saturated carbocycles. The Morgan fingerprint density at radius 3 is 1.39 bits per heavy atom. The van der Waals surface area contributed by atoms with E-state index in [-0.39, 0.29) is 11.4 Å². The SMILES string of the molecule is FC(F)(F)c1ccc2c(c1)Nc1cc(C(F)(F)F)ccc1CC2. The van der Waals surface area contributed by atoms with Gasteiger partial charge in [-0.1, -0.05) is 12.1 Å². The molecule has 0 spiro atoms. The van der Waals surface area contributed by atoms with Crippen LogP contribution in [0.5, 0.6) is 0 Å². The van der Waals surface area contributed by atoms with Crippen LogP contribution in [-0.2, 0) is 25.2 Å². The van der Waals surface area contributed by atoms with Crippen LogP contribution in [0.2, 0.25) is 0 Å². The summed E-state index contributed by atoms with van der Waals surface area (Å²) in [5.74, 6) is 0. The second-order valence-corrected chi connectivity index (χ2v) is 5.36. The molecule has 2 aromatic rings. The highest BCUT2D eigenvalue weighted by atomic mass is 19.4. The van der Waals surface area contributed by atoms with Gasteiger partial charge in [0.25, 0.3) is 0 Å². The molecule has 1 N–H and O–H groups in total. The predicted molar refractivity (Wildman–Crippen MR) is 73.6 cm³/mol. The number of nitrogens with one attached hydrogen (secondary N) is 1. The first-order chi connectivity index (χ1) is 10.6. The first-order valence-corrected chi connectivity index (χ1v) is 6.82. The maximum absolute atomic E-state index is 12.8. The molecule has 0 radical (unpaired) electrons. The van der Waals surface area contributed by atoms with Crippen LogP contribution >= 0.6 is 0 Å². The Morgan fingerprint density at radius 2 is 1.04 bits per heavy atom. The van der Waals surface area contributed by atoms with Crippen molar-refractivity contribution in [2.24, 2.45) is 0 Å². The van der Waals surface area contributed by atoms with Gasteiger partial charge in [-0.25, -0.2) is 0 Å². The summed E-state index contributed by atoms with van der Waals surface area (Å²) in [5.41, 5.74) is -0.000307. The standard InChI is InChI=1S/C16H11F6N/c17-15(18,19)11-5-3-9-1-2-10-4-6-12(16(20,21)22)8-14(10)23-13(9)7-11/h3-8,23H,1-2H2. The molecule has 0 fully saturated rings. The summed E-state index contributed by atoms with van der Waals surface area (Å²) >= 11 is 0. The third-order valence-corrected chi connectivity index (χ3v) is 3.81. The number of hydrogen-bond donors (Lipinski definition) is 1. The van der Waals surface area contributed by atoms with Crippen molar-refractivity contribution in [3.05, 3.63) is 58.7 Å². The number of alkyl halides is 6. The fourth-order valence-electron chi connectivity index (χ4n) is 2.59. The molecule has 0 bridgehead atoms. The lowest BCUT2D eigenvalue weighted by molar-refractivity contribution is -0.138. The van der Waals surface area contributed by atoms with Crippen LogP contribution < -0.4 is 5.32 Å². The maximum atomic E-state index is 12.8. The topological polar surface area (TPSA) is 12.0 Å². The Morgan fingerprint density at radius 1 is 0.652 bits per heavy atom. The van der Waals surface area contributed by atoms with Crippen molar-refractivity contribution in [2.45, 2.75) is 25.2 Å². The second-order valence-electron chi connectivity index (χ2n) is 5.36. The van der Waals surface area contributed by atoms with Crippen LogP contribution in [-0.4, -0.2) is 0 Å². The Hall–Kier alpha value is -2.18. The Bertz CT molecular complexity index is 682. The summed E-state index contributed by atoms with van der Waals surface area (Å²) in [6, 6.07) is 6.56. The van der Waals surface area contributed by atoms with Gasteiger partial charge in [-0.05, 0) is 48.2 Å². The van der Waals surface area contributed by atoms with Gasteiger partial charge in [-0.15, -0.1) is 0 Å². The Balaban J connectivity index is 2.04. The highest BCUT2D eigenvalue weighted by Gasteiger charge is 2.33. The van der Waals surface area contributed by atoms with E-state index in [2.05, 4.69) is 5.32 Å². The fraction of sp³-hybridized carbons (Fsp3) is 0.250. The monoisotopic (exact) mass is 331 g/mol. The minimum Gasteiger partial charge on any atom is -0.355 e. The molecule has 0 aliphatic carbocycles. The number of aryl methyl sites for hydroxylation is 2. The molecule has 1 aliphatic rings. The minimum atomic E-state index is -4.50. The van der Waals surface area contributed by atoms with Gasteiger partial charge in [-0.3, -0.25) is 0 Å². The average molecular weight is 331 g/mol. The van der Waals surface area contributed by atoms with Crippen LogP contribution in [0.1, 0.15) is 22.3 Å². The van der Waals surface area contributed by atoms with Crippen LogP contribution in [0.15, 0.2) is 36.4 Å². The maximum Gasteiger partial charge on any atom is 0.416 e. The van der Waals surface area contributed by atoms with Crippen LogP contribution in [0.3, 0.4) is 0 Å². The van der Waals surface area contributed by atoms with Crippen molar-refractivity contribution in [3.63, 3.8) is 0 Å². The molecule has 0 unspecified atom stereocenters. The third kappa shape index (κ3) is 3.13. The highest BCUT2D eigenvalue weighted by Crippen LogP contribution is 2.38. The predicted octanol–water partition coefficient (Wildman–Crippen LogP) is 5.57. The number of halogens is 6. The van der Waals surface area contributed by atoms with Crippen molar-refractivity contribution in [1.29, 1.82) is 0 Å². The van der Waals surface area contributed by atoms with Crippen molar-refractivity contribution in [2.75, 3.05) is 5.32 Å².